The van der Waals surface area contributed by atoms with Crippen molar-refractivity contribution < 1.29 is 22.3 Å². The van der Waals surface area contributed by atoms with Gasteiger partial charge < -0.3 is 4.74 Å². The van der Waals surface area contributed by atoms with E-state index in [0.29, 0.717) is 48.9 Å². The summed E-state index contributed by atoms with van der Waals surface area (Å²) in [5, 5.41) is 0.395. The van der Waals surface area contributed by atoms with Crippen LogP contribution in [-0.4, -0.2) is 80.5 Å². The number of amides is 1. The number of nitrogens with zero attached hydrogens (tertiary/aromatic N) is 4. The van der Waals surface area contributed by atoms with Crippen LogP contribution in [0, 0.1) is 12.7 Å². The number of benzene rings is 2. The molecule has 198 valence electrons. The van der Waals surface area contributed by atoms with Gasteiger partial charge in [-0.3, -0.25) is 14.6 Å². The Morgan fingerprint density at radius 1 is 1.16 bits per heavy atom. The van der Waals surface area contributed by atoms with Crippen molar-refractivity contribution in [1.82, 2.24) is 14.2 Å². The van der Waals surface area contributed by atoms with E-state index in [1.54, 1.807) is 41.3 Å². The number of morpholine rings is 1. The van der Waals surface area contributed by atoms with E-state index < -0.39 is 21.9 Å². The lowest BCUT2D eigenvalue weighted by molar-refractivity contribution is -0.121. The number of sulfonamides is 1. The van der Waals surface area contributed by atoms with Crippen LogP contribution in [0.3, 0.4) is 0 Å². The summed E-state index contributed by atoms with van der Waals surface area (Å²) in [4.78, 5) is 22.5. The van der Waals surface area contributed by atoms with Gasteiger partial charge in [-0.2, -0.15) is 4.31 Å². The molecular weight excluding hydrogens is 515 g/mol. The van der Waals surface area contributed by atoms with Gasteiger partial charge in [-0.15, -0.1) is 0 Å². The average molecular weight is 547 g/mol. The highest BCUT2D eigenvalue weighted by atomic mass is 32.2. The lowest BCUT2D eigenvalue weighted by atomic mass is 10.2. The van der Waals surface area contributed by atoms with Gasteiger partial charge in [0.25, 0.3) is 0 Å². The fourth-order valence-corrected chi connectivity index (χ4v) is 7.56. The Labute approximate surface area is 220 Å². The van der Waals surface area contributed by atoms with Gasteiger partial charge in [-0.05, 0) is 50.5 Å². The predicted molar refractivity (Wildman–Crippen MR) is 142 cm³/mol. The minimum Gasteiger partial charge on any atom is -0.379 e. The number of fused-ring (bicyclic) bond motifs is 1. The number of ether oxygens (including phenoxy) is 1. The largest absolute Gasteiger partial charge is 0.379 e. The maximum Gasteiger partial charge on any atom is 0.247 e. The number of rotatable bonds is 8. The number of aryl methyl sites for hydroxylation is 1. The van der Waals surface area contributed by atoms with Crippen LogP contribution in [0.15, 0.2) is 47.4 Å². The number of thiazole rings is 1. The van der Waals surface area contributed by atoms with Gasteiger partial charge in [0.1, 0.15) is 17.4 Å². The quantitative estimate of drug-likeness (QED) is 0.429. The first-order chi connectivity index (χ1) is 17.8. The van der Waals surface area contributed by atoms with Crippen molar-refractivity contribution in [3.8, 4) is 0 Å². The zero-order valence-corrected chi connectivity index (χ0v) is 22.4. The number of hydrogen-bond donors (Lipinski definition) is 0. The molecule has 37 heavy (non-hydrogen) atoms. The molecule has 8 nitrogen and oxygen atoms in total. The van der Waals surface area contributed by atoms with Crippen LogP contribution in [0.2, 0.25) is 0 Å². The lowest BCUT2D eigenvalue weighted by Gasteiger charge is -2.30. The van der Waals surface area contributed by atoms with Crippen molar-refractivity contribution >= 4 is 42.6 Å². The molecule has 0 spiro atoms. The molecule has 0 N–H and O–H groups in total. The summed E-state index contributed by atoms with van der Waals surface area (Å²) in [5.41, 5.74) is 1.19. The topological polar surface area (TPSA) is 83.1 Å². The third kappa shape index (κ3) is 5.56. The molecule has 2 aromatic carbocycles. The van der Waals surface area contributed by atoms with E-state index in [1.165, 1.54) is 21.7 Å². The monoisotopic (exact) mass is 546 g/mol. The number of para-hydroxylation sites is 1. The first kappa shape index (κ1) is 26.2. The zero-order valence-electron chi connectivity index (χ0n) is 20.8. The second-order valence-corrected chi connectivity index (χ2v) is 12.4. The first-order valence-corrected chi connectivity index (χ1v) is 14.9. The number of anilines is 1. The molecule has 0 radical (unpaired) electrons. The van der Waals surface area contributed by atoms with Gasteiger partial charge in [0.2, 0.25) is 15.9 Å². The highest BCUT2D eigenvalue weighted by Crippen LogP contribution is 2.33. The van der Waals surface area contributed by atoms with E-state index in [-0.39, 0.29) is 22.9 Å². The Kier molecular flexibility index (Phi) is 7.87. The third-order valence-corrected chi connectivity index (χ3v) is 9.90. The van der Waals surface area contributed by atoms with E-state index in [9.17, 15) is 17.6 Å². The van der Waals surface area contributed by atoms with Gasteiger partial charge in [0.15, 0.2) is 5.13 Å². The van der Waals surface area contributed by atoms with Gasteiger partial charge >= 0.3 is 0 Å². The minimum atomic E-state index is -3.85. The van der Waals surface area contributed by atoms with Crippen LogP contribution >= 0.6 is 11.3 Å². The SMILES string of the molecule is Cc1ccc(S(=O)(=O)N2CCCC2C(=O)N(CCCN2CCOCC2)c2nc3c(F)cccc3s2)cc1. The van der Waals surface area contributed by atoms with Crippen LogP contribution in [0.5, 0.6) is 0 Å². The Balaban J connectivity index is 1.42. The van der Waals surface area contributed by atoms with E-state index in [4.69, 9.17) is 4.74 Å². The smallest absolute Gasteiger partial charge is 0.247 e. The number of aromatic nitrogens is 1. The Hall–Kier alpha value is -2.44. The Bertz CT molecular complexity index is 1360. The van der Waals surface area contributed by atoms with E-state index in [1.807, 2.05) is 6.92 Å². The van der Waals surface area contributed by atoms with E-state index in [0.717, 1.165) is 25.2 Å². The molecule has 1 atom stereocenters. The molecule has 2 fully saturated rings. The molecule has 0 saturated carbocycles. The molecule has 3 aromatic rings. The molecular formula is C26H31FN4O4S2. The number of carbonyl (C=O) groups excluding carboxylic acids is 1. The number of hydrogen-bond acceptors (Lipinski definition) is 7. The molecule has 11 heteroatoms. The summed E-state index contributed by atoms with van der Waals surface area (Å²) < 4.78 is 48.8. The maximum absolute atomic E-state index is 14.4. The molecule has 5 rings (SSSR count). The highest BCUT2D eigenvalue weighted by Gasteiger charge is 2.42. The van der Waals surface area contributed by atoms with Crippen molar-refractivity contribution in [2.75, 3.05) is 50.8 Å². The normalized spacial score (nSPS) is 19.5. The van der Waals surface area contributed by atoms with Crippen LogP contribution < -0.4 is 4.90 Å². The van der Waals surface area contributed by atoms with Crippen molar-refractivity contribution in [1.29, 1.82) is 0 Å². The maximum atomic E-state index is 14.4. The summed E-state index contributed by atoms with van der Waals surface area (Å²) in [7, 11) is -3.85. The van der Waals surface area contributed by atoms with Crippen LogP contribution in [0.4, 0.5) is 9.52 Å². The summed E-state index contributed by atoms with van der Waals surface area (Å²) in [5.74, 6) is -0.750. The van der Waals surface area contributed by atoms with Crippen molar-refractivity contribution in [3.63, 3.8) is 0 Å². The van der Waals surface area contributed by atoms with E-state index >= 15 is 0 Å². The standard InChI is InChI=1S/C26H31FN4O4S2/c1-19-8-10-20(11-9-19)37(33,34)31-14-3-6-22(31)25(32)30(13-4-12-29-15-17-35-18-16-29)26-28-24-21(27)5-2-7-23(24)36-26/h2,5,7-11,22H,3-4,6,12-18H2,1H3. The predicted octanol–water partition coefficient (Wildman–Crippen LogP) is 3.65. The summed E-state index contributed by atoms with van der Waals surface area (Å²) in [6.45, 7) is 6.38. The average Bonchev–Trinajstić information content (AvgIpc) is 3.56. The number of carbonyl (C=O) groups is 1. The molecule has 0 bridgehead atoms. The molecule has 1 amide bonds. The Morgan fingerprint density at radius 3 is 2.65 bits per heavy atom. The summed E-state index contributed by atoms with van der Waals surface area (Å²) in [6.07, 6.45) is 1.71. The molecule has 3 heterocycles. The van der Waals surface area contributed by atoms with Crippen LogP contribution in [-0.2, 0) is 19.6 Å². The number of halogens is 1. The fourth-order valence-electron chi connectivity index (χ4n) is 4.90. The second-order valence-electron chi connectivity index (χ2n) is 9.47. The second kappa shape index (κ2) is 11.1. The molecule has 2 aliphatic heterocycles. The third-order valence-electron chi connectivity index (χ3n) is 6.93. The van der Waals surface area contributed by atoms with Crippen LogP contribution in [0.1, 0.15) is 24.8 Å². The van der Waals surface area contributed by atoms with Gasteiger partial charge in [0.05, 0.1) is 22.8 Å². The minimum absolute atomic E-state index is 0.179. The van der Waals surface area contributed by atoms with Gasteiger partial charge in [0, 0.05) is 32.7 Å². The molecule has 1 unspecified atom stereocenters. The van der Waals surface area contributed by atoms with Gasteiger partial charge in [-0.25, -0.2) is 17.8 Å². The zero-order chi connectivity index (χ0) is 26.0. The highest BCUT2D eigenvalue weighted by molar-refractivity contribution is 7.89. The molecule has 2 saturated heterocycles. The molecule has 0 aliphatic carbocycles. The molecule has 2 aliphatic rings. The summed E-state index contributed by atoms with van der Waals surface area (Å²) in [6, 6.07) is 10.6. The first-order valence-electron chi connectivity index (χ1n) is 12.6. The van der Waals surface area contributed by atoms with Crippen molar-refractivity contribution in [2.45, 2.75) is 37.1 Å². The van der Waals surface area contributed by atoms with E-state index in [2.05, 4.69) is 9.88 Å². The van der Waals surface area contributed by atoms with Crippen molar-refractivity contribution in [3.05, 3.63) is 53.8 Å². The summed E-state index contributed by atoms with van der Waals surface area (Å²) >= 11 is 1.25. The Morgan fingerprint density at radius 2 is 1.92 bits per heavy atom. The van der Waals surface area contributed by atoms with Crippen molar-refractivity contribution in [2.24, 2.45) is 0 Å². The molecule has 1 aromatic heterocycles. The fraction of sp³-hybridized carbons (Fsp3) is 0.462. The lowest BCUT2D eigenvalue weighted by Crippen LogP contribution is -2.48. The van der Waals surface area contributed by atoms with Crippen LogP contribution in [0.25, 0.3) is 10.2 Å². The van der Waals surface area contributed by atoms with Gasteiger partial charge in [-0.1, -0.05) is 35.1 Å².